The van der Waals surface area contributed by atoms with Crippen LogP contribution in [0.1, 0.15) is 36.3 Å². The second-order valence-electron chi connectivity index (χ2n) is 6.88. The molecule has 0 spiro atoms. The molecule has 1 aromatic carbocycles. The standard InChI is InChI=1S/C20H22ClN3O/c21-18-12-22-9-7-16(18)14-24-13-15(17-4-1-2-5-19(17)24)8-11-23-10-3-6-20(23)25/h1-2,4-5,7,9,12,15H,3,6,8,10-11,13-14H2/t15-/m0/s1. The fraction of sp³-hybridized carbons (Fsp3) is 0.400. The van der Waals surface area contributed by atoms with Gasteiger partial charge in [-0.25, -0.2) is 0 Å². The number of halogens is 1. The van der Waals surface area contributed by atoms with Crippen molar-refractivity contribution in [1.29, 1.82) is 0 Å². The predicted octanol–water partition coefficient (Wildman–Crippen LogP) is 3.85. The fourth-order valence-electron chi connectivity index (χ4n) is 3.97. The highest BCUT2D eigenvalue weighted by Gasteiger charge is 2.30. The molecule has 0 radical (unpaired) electrons. The van der Waals surface area contributed by atoms with E-state index in [-0.39, 0.29) is 0 Å². The van der Waals surface area contributed by atoms with Gasteiger partial charge in [-0.3, -0.25) is 9.78 Å². The number of fused-ring (bicyclic) bond motifs is 1. The number of aromatic nitrogens is 1. The van der Waals surface area contributed by atoms with Crippen LogP contribution in [-0.2, 0) is 11.3 Å². The van der Waals surface area contributed by atoms with Gasteiger partial charge in [0.2, 0.25) is 5.91 Å². The smallest absolute Gasteiger partial charge is 0.222 e. The van der Waals surface area contributed by atoms with Crippen molar-refractivity contribution in [2.75, 3.05) is 24.5 Å². The summed E-state index contributed by atoms with van der Waals surface area (Å²) in [6.07, 6.45) is 6.24. The SMILES string of the molecule is O=C1CCCN1CC[C@H]1CN(Cc2ccncc2Cl)c2ccccc21. The molecule has 4 rings (SSSR count). The molecule has 3 heterocycles. The first-order valence-electron chi connectivity index (χ1n) is 8.92. The molecule has 1 fully saturated rings. The number of hydrogen-bond donors (Lipinski definition) is 0. The Morgan fingerprint density at radius 3 is 2.88 bits per heavy atom. The molecular weight excluding hydrogens is 334 g/mol. The van der Waals surface area contributed by atoms with Crippen LogP contribution in [0.15, 0.2) is 42.7 Å². The summed E-state index contributed by atoms with van der Waals surface area (Å²) >= 11 is 6.30. The molecule has 0 unspecified atom stereocenters. The van der Waals surface area contributed by atoms with E-state index in [1.807, 2.05) is 11.0 Å². The summed E-state index contributed by atoms with van der Waals surface area (Å²) in [5.41, 5.74) is 3.77. The van der Waals surface area contributed by atoms with E-state index in [1.165, 1.54) is 11.3 Å². The Morgan fingerprint density at radius 2 is 2.08 bits per heavy atom. The van der Waals surface area contributed by atoms with Gasteiger partial charge in [-0.2, -0.15) is 0 Å². The van der Waals surface area contributed by atoms with Crippen molar-refractivity contribution in [1.82, 2.24) is 9.88 Å². The lowest BCUT2D eigenvalue weighted by Crippen LogP contribution is -2.28. The number of benzene rings is 1. The number of carbonyl (C=O) groups is 1. The molecule has 0 aliphatic carbocycles. The molecule has 1 aromatic heterocycles. The Morgan fingerprint density at radius 1 is 1.20 bits per heavy atom. The van der Waals surface area contributed by atoms with E-state index in [9.17, 15) is 4.79 Å². The molecule has 1 amide bonds. The van der Waals surface area contributed by atoms with Crippen LogP contribution >= 0.6 is 11.6 Å². The van der Waals surface area contributed by atoms with E-state index in [4.69, 9.17) is 11.6 Å². The Bertz CT molecular complexity index is 779. The maximum atomic E-state index is 11.9. The van der Waals surface area contributed by atoms with Crippen molar-refractivity contribution in [2.24, 2.45) is 0 Å². The Balaban J connectivity index is 1.49. The van der Waals surface area contributed by atoms with Gasteiger partial charge in [-0.15, -0.1) is 0 Å². The van der Waals surface area contributed by atoms with Gasteiger partial charge in [0.25, 0.3) is 0 Å². The second kappa shape index (κ2) is 7.04. The van der Waals surface area contributed by atoms with E-state index >= 15 is 0 Å². The van der Waals surface area contributed by atoms with Crippen LogP contribution < -0.4 is 4.90 Å². The number of anilines is 1. The number of amides is 1. The molecule has 0 saturated carbocycles. The fourth-order valence-corrected chi connectivity index (χ4v) is 4.15. The summed E-state index contributed by atoms with van der Waals surface area (Å²) < 4.78 is 0. The topological polar surface area (TPSA) is 36.4 Å². The average Bonchev–Trinajstić information content (AvgIpc) is 3.19. The predicted molar refractivity (Wildman–Crippen MR) is 99.9 cm³/mol. The lowest BCUT2D eigenvalue weighted by atomic mass is 9.98. The lowest BCUT2D eigenvalue weighted by Gasteiger charge is -2.21. The second-order valence-corrected chi connectivity index (χ2v) is 7.28. The quantitative estimate of drug-likeness (QED) is 0.817. The zero-order chi connectivity index (χ0) is 17.2. The van der Waals surface area contributed by atoms with Crippen molar-refractivity contribution in [2.45, 2.75) is 31.7 Å². The third kappa shape index (κ3) is 3.36. The monoisotopic (exact) mass is 355 g/mol. The maximum absolute atomic E-state index is 11.9. The number of likely N-dealkylation sites (tertiary alicyclic amines) is 1. The van der Waals surface area contributed by atoms with Gasteiger partial charge in [0.15, 0.2) is 0 Å². The van der Waals surface area contributed by atoms with Crippen molar-refractivity contribution in [3.05, 3.63) is 58.9 Å². The van der Waals surface area contributed by atoms with Crippen LogP contribution in [0.5, 0.6) is 0 Å². The largest absolute Gasteiger partial charge is 0.366 e. The van der Waals surface area contributed by atoms with E-state index in [1.54, 1.807) is 12.4 Å². The van der Waals surface area contributed by atoms with Crippen molar-refractivity contribution >= 4 is 23.2 Å². The highest BCUT2D eigenvalue weighted by molar-refractivity contribution is 6.31. The molecule has 5 heteroatoms. The molecule has 1 saturated heterocycles. The first-order chi connectivity index (χ1) is 12.2. The van der Waals surface area contributed by atoms with Crippen LogP contribution in [0.25, 0.3) is 0 Å². The van der Waals surface area contributed by atoms with E-state index in [0.29, 0.717) is 23.3 Å². The highest BCUT2D eigenvalue weighted by atomic mass is 35.5. The third-order valence-electron chi connectivity index (χ3n) is 5.29. The summed E-state index contributed by atoms with van der Waals surface area (Å²) in [7, 11) is 0. The summed E-state index contributed by atoms with van der Waals surface area (Å²) in [6.45, 7) is 3.54. The molecule has 2 aromatic rings. The molecule has 25 heavy (non-hydrogen) atoms. The minimum atomic E-state index is 0.312. The van der Waals surface area contributed by atoms with Crippen LogP contribution in [-0.4, -0.2) is 35.4 Å². The number of para-hydroxylation sites is 1. The van der Waals surface area contributed by atoms with Crippen molar-refractivity contribution in [3.8, 4) is 0 Å². The van der Waals surface area contributed by atoms with Gasteiger partial charge in [0.1, 0.15) is 0 Å². The van der Waals surface area contributed by atoms with Gasteiger partial charge in [-0.1, -0.05) is 29.8 Å². The van der Waals surface area contributed by atoms with Gasteiger partial charge in [0, 0.05) is 56.6 Å². The highest BCUT2D eigenvalue weighted by Crippen LogP contribution is 2.39. The Hall–Kier alpha value is -2.07. The number of rotatable bonds is 5. The summed E-state index contributed by atoms with van der Waals surface area (Å²) in [5, 5.41) is 0.714. The minimum absolute atomic E-state index is 0.312. The summed E-state index contributed by atoms with van der Waals surface area (Å²) in [4.78, 5) is 20.3. The van der Waals surface area contributed by atoms with Gasteiger partial charge in [0.05, 0.1) is 5.02 Å². The third-order valence-corrected chi connectivity index (χ3v) is 5.63. The summed E-state index contributed by atoms with van der Waals surface area (Å²) in [6, 6.07) is 10.6. The molecule has 1 atom stereocenters. The average molecular weight is 356 g/mol. The molecule has 4 nitrogen and oxygen atoms in total. The molecule has 2 aliphatic heterocycles. The van der Waals surface area contributed by atoms with E-state index in [0.717, 1.165) is 44.6 Å². The Kier molecular flexibility index (Phi) is 4.62. The van der Waals surface area contributed by atoms with Crippen LogP contribution in [0.2, 0.25) is 5.02 Å². The number of nitrogens with zero attached hydrogens (tertiary/aromatic N) is 3. The maximum Gasteiger partial charge on any atom is 0.222 e. The Labute approximate surface area is 153 Å². The molecule has 0 N–H and O–H groups in total. The molecule has 2 aliphatic rings. The minimum Gasteiger partial charge on any atom is -0.366 e. The molecule has 130 valence electrons. The van der Waals surface area contributed by atoms with E-state index in [2.05, 4.69) is 34.1 Å². The zero-order valence-corrected chi connectivity index (χ0v) is 15.0. The normalized spacial score (nSPS) is 19.6. The lowest BCUT2D eigenvalue weighted by molar-refractivity contribution is -0.127. The molecular formula is C20H22ClN3O. The van der Waals surface area contributed by atoms with Crippen LogP contribution in [0, 0.1) is 0 Å². The van der Waals surface area contributed by atoms with Gasteiger partial charge in [-0.05, 0) is 36.1 Å². The first kappa shape index (κ1) is 16.4. The van der Waals surface area contributed by atoms with Crippen LogP contribution in [0.4, 0.5) is 5.69 Å². The van der Waals surface area contributed by atoms with Crippen molar-refractivity contribution < 1.29 is 4.79 Å². The zero-order valence-electron chi connectivity index (χ0n) is 14.2. The summed E-state index contributed by atoms with van der Waals surface area (Å²) in [5.74, 6) is 0.775. The van der Waals surface area contributed by atoms with Crippen LogP contribution in [0.3, 0.4) is 0 Å². The first-order valence-corrected chi connectivity index (χ1v) is 9.30. The number of hydrogen-bond acceptors (Lipinski definition) is 3. The number of pyridine rings is 1. The van der Waals surface area contributed by atoms with Gasteiger partial charge >= 0.3 is 0 Å². The van der Waals surface area contributed by atoms with Gasteiger partial charge < -0.3 is 9.80 Å². The number of carbonyl (C=O) groups excluding carboxylic acids is 1. The van der Waals surface area contributed by atoms with E-state index < -0.39 is 0 Å². The molecule has 0 bridgehead atoms. The van der Waals surface area contributed by atoms with Crippen molar-refractivity contribution in [3.63, 3.8) is 0 Å².